The van der Waals surface area contributed by atoms with Crippen LogP contribution in [0.1, 0.15) is 23.0 Å². The molecule has 0 N–H and O–H groups in total. The second-order valence-electron chi connectivity index (χ2n) is 6.26. The van der Waals surface area contributed by atoms with E-state index in [1.54, 1.807) is 39.2 Å². The first kappa shape index (κ1) is 17.7. The van der Waals surface area contributed by atoms with E-state index in [2.05, 4.69) is 4.98 Å². The Bertz CT molecular complexity index is 975. The zero-order chi connectivity index (χ0) is 18.8. The van der Waals surface area contributed by atoms with E-state index in [1.165, 1.54) is 4.90 Å². The van der Waals surface area contributed by atoms with Gasteiger partial charge in [0.05, 0.1) is 11.1 Å². The number of likely N-dealkylation sites (N-methyl/N-ethyl adjacent to an activating group) is 1. The Morgan fingerprint density at radius 1 is 1.15 bits per heavy atom. The van der Waals surface area contributed by atoms with E-state index in [9.17, 15) is 9.59 Å². The number of carbonyl (C=O) groups excluding carboxylic acids is 2. The molecule has 0 aliphatic carbocycles. The number of ether oxygens (including phenoxy) is 1. The number of amides is 1. The summed E-state index contributed by atoms with van der Waals surface area (Å²) >= 11 is 0. The summed E-state index contributed by atoms with van der Waals surface area (Å²) in [5.41, 5.74) is 1.53. The van der Waals surface area contributed by atoms with Gasteiger partial charge < -0.3 is 14.1 Å². The first-order chi connectivity index (χ1) is 12.4. The maximum absolute atomic E-state index is 12.7. The number of pyridine rings is 1. The summed E-state index contributed by atoms with van der Waals surface area (Å²) in [6.07, 6.45) is -0.876. The van der Waals surface area contributed by atoms with Gasteiger partial charge in [0.25, 0.3) is 5.91 Å². The number of furan rings is 1. The van der Waals surface area contributed by atoms with Crippen molar-refractivity contribution in [3.8, 4) is 11.5 Å². The molecule has 0 radical (unpaired) electrons. The topological polar surface area (TPSA) is 72.6 Å². The predicted octanol–water partition coefficient (Wildman–Crippen LogP) is 3.44. The summed E-state index contributed by atoms with van der Waals surface area (Å²) in [5.74, 6) is 0.471. The Morgan fingerprint density at radius 2 is 1.88 bits per heavy atom. The lowest BCUT2D eigenvalue weighted by Crippen LogP contribution is -2.34. The van der Waals surface area contributed by atoms with Crippen molar-refractivity contribution in [1.29, 1.82) is 0 Å². The van der Waals surface area contributed by atoms with Gasteiger partial charge in [-0.15, -0.1) is 0 Å². The minimum absolute atomic E-state index is 0.279. The van der Waals surface area contributed by atoms with Gasteiger partial charge in [-0.3, -0.25) is 4.79 Å². The molecule has 3 aromatic rings. The predicted molar refractivity (Wildman–Crippen MR) is 97.8 cm³/mol. The van der Waals surface area contributed by atoms with Crippen molar-refractivity contribution in [2.75, 3.05) is 14.1 Å². The molecule has 0 saturated heterocycles. The minimum Gasteiger partial charge on any atom is -0.460 e. The highest BCUT2D eigenvalue weighted by Crippen LogP contribution is 2.27. The summed E-state index contributed by atoms with van der Waals surface area (Å²) in [6, 6.07) is 12.6. The minimum atomic E-state index is -0.876. The van der Waals surface area contributed by atoms with Gasteiger partial charge in [0.15, 0.2) is 11.9 Å². The second kappa shape index (κ2) is 7.00. The second-order valence-corrected chi connectivity index (χ2v) is 6.26. The molecule has 1 amide bonds. The summed E-state index contributed by atoms with van der Waals surface area (Å²) in [5, 5.41) is 0.661. The van der Waals surface area contributed by atoms with Crippen molar-refractivity contribution in [2.24, 2.45) is 0 Å². The van der Waals surface area contributed by atoms with Gasteiger partial charge in [0.2, 0.25) is 0 Å². The lowest BCUT2D eigenvalue weighted by atomic mass is 10.1. The molecule has 3 rings (SSSR count). The number of rotatable bonds is 4. The van der Waals surface area contributed by atoms with Crippen LogP contribution < -0.4 is 0 Å². The number of aryl methyl sites for hydroxylation is 1. The van der Waals surface area contributed by atoms with Gasteiger partial charge in [0, 0.05) is 19.5 Å². The van der Waals surface area contributed by atoms with Crippen LogP contribution in [0.25, 0.3) is 22.4 Å². The fourth-order valence-electron chi connectivity index (χ4n) is 2.68. The molecule has 0 fully saturated rings. The number of carbonyl (C=O) groups is 2. The maximum atomic E-state index is 12.7. The third kappa shape index (κ3) is 3.44. The summed E-state index contributed by atoms with van der Waals surface area (Å²) < 4.78 is 11.0. The molecular weight excluding hydrogens is 332 g/mol. The standard InChI is InChI=1S/C20H20N2O4/c1-12-9-10-18(25-12)17-11-15(14-7-5-6-8-16(14)21-17)20(24)26-13(2)19(23)22(3)4/h5-11,13H,1-4H3/t13-/m0/s1. The molecule has 0 spiro atoms. The Balaban J connectivity index is 2.03. The van der Waals surface area contributed by atoms with Crippen LogP contribution in [-0.2, 0) is 9.53 Å². The number of fused-ring (bicyclic) bond motifs is 1. The molecule has 0 saturated carbocycles. The van der Waals surface area contributed by atoms with Crippen molar-refractivity contribution in [2.45, 2.75) is 20.0 Å². The number of hydrogen-bond donors (Lipinski definition) is 0. The van der Waals surface area contributed by atoms with Gasteiger partial charge in [-0.25, -0.2) is 9.78 Å². The largest absolute Gasteiger partial charge is 0.460 e. The smallest absolute Gasteiger partial charge is 0.339 e. The number of nitrogens with zero attached hydrogens (tertiary/aromatic N) is 2. The Hall–Kier alpha value is -3.15. The molecule has 2 aromatic heterocycles. The normalized spacial score (nSPS) is 12.0. The number of aromatic nitrogens is 1. The SMILES string of the molecule is Cc1ccc(-c2cc(C(=O)O[C@@H](C)C(=O)N(C)C)c3ccccc3n2)o1. The van der Waals surface area contributed by atoms with E-state index in [4.69, 9.17) is 9.15 Å². The number of benzene rings is 1. The van der Waals surface area contributed by atoms with Crippen molar-refractivity contribution >= 4 is 22.8 Å². The molecule has 6 nitrogen and oxygen atoms in total. The van der Waals surface area contributed by atoms with E-state index < -0.39 is 12.1 Å². The van der Waals surface area contributed by atoms with Gasteiger partial charge in [0.1, 0.15) is 11.5 Å². The average Bonchev–Trinajstić information content (AvgIpc) is 3.06. The lowest BCUT2D eigenvalue weighted by Gasteiger charge is -2.17. The van der Waals surface area contributed by atoms with Crippen molar-refractivity contribution < 1.29 is 18.7 Å². The van der Waals surface area contributed by atoms with E-state index in [0.29, 0.717) is 27.9 Å². The van der Waals surface area contributed by atoms with Gasteiger partial charge in [-0.1, -0.05) is 18.2 Å². The van der Waals surface area contributed by atoms with Crippen LogP contribution in [0.3, 0.4) is 0 Å². The molecule has 0 unspecified atom stereocenters. The number of hydrogen-bond acceptors (Lipinski definition) is 5. The van der Waals surface area contributed by atoms with Gasteiger partial charge in [-0.2, -0.15) is 0 Å². The molecule has 0 bridgehead atoms. The Morgan fingerprint density at radius 3 is 2.54 bits per heavy atom. The van der Waals surface area contributed by atoms with E-state index in [-0.39, 0.29) is 5.91 Å². The molecule has 0 aliphatic heterocycles. The molecule has 2 heterocycles. The zero-order valence-corrected chi connectivity index (χ0v) is 15.1. The summed E-state index contributed by atoms with van der Waals surface area (Å²) in [6.45, 7) is 3.40. The maximum Gasteiger partial charge on any atom is 0.339 e. The fourth-order valence-corrected chi connectivity index (χ4v) is 2.68. The van der Waals surface area contributed by atoms with Crippen LogP contribution in [0.2, 0.25) is 0 Å². The van der Waals surface area contributed by atoms with Crippen molar-refractivity contribution in [3.05, 3.63) is 53.8 Å². The third-order valence-electron chi connectivity index (χ3n) is 4.00. The zero-order valence-electron chi connectivity index (χ0n) is 15.1. The van der Waals surface area contributed by atoms with Crippen molar-refractivity contribution in [3.63, 3.8) is 0 Å². The van der Waals surface area contributed by atoms with Gasteiger partial charge >= 0.3 is 5.97 Å². The highest BCUT2D eigenvalue weighted by Gasteiger charge is 2.23. The lowest BCUT2D eigenvalue weighted by molar-refractivity contribution is -0.137. The molecule has 0 aliphatic rings. The summed E-state index contributed by atoms with van der Waals surface area (Å²) in [7, 11) is 3.23. The molecule has 1 atom stereocenters. The monoisotopic (exact) mass is 352 g/mol. The van der Waals surface area contributed by atoms with Crippen LogP contribution >= 0.6 is 0 Å². The first-order valence-electron chi connectivity index (χ1n) is 8.25. The number of esters is 1. The van der Waals surface area contributed by atoms with Gasteiger partial charge in [-0.05, 0) is 38.1 Å². The Labute approximate surface area is 151 Å². The third-order valence-corrected chi connectivity index (χ3v) is 4.00. The van der Waals surface area contributed by atoms with Crippen LogP contribution in [0.15, 0.2) is 46.9 Å². The fraction of sp³-hybridized carbons (Fsp3) is 0.250. The number of para-hydroxylation sites is 1. The van der Waals surface area contributed by atoms with Crippen molar-refractivity contribution in [1.82, 2.24) is 9.88 Å². The van der Waals surface area contributed by atoms with E-state index in [0.717, 1.165) is 5.76 Å². The molecular formula is C20H20N2O4. The molecule has 1 aromatic carbocycles. The molecule has 134 valence electrons. The Kier molecular flexibility index (Phi) is 4.75. The molecule has 6 heteroatoms. The molecule has 26 heavy (non-hydrogen) atoms. The van der Waals surface area contributed by atoms with E-state index in [1.807, 2.05) is 31.2 Å². The highest BCUT2D eigenvalue weighted by atomic mass is 16.5. The average molecular weight is 352 g/mol. The summed E-state index contributed by atoms with van der Waals surface area (Å²) in [4.78, 5) is 30.7. The highest BCUT2D eigenvalue weighted by molar-refractivity contribution is 6.05. The van der Waals surface area contributed by atoms with E-state index >= 15 is 0 Å². The van der Waals surface area contributed by atoms with Crippen LogP contribution in [0, 0.1) is 6.92 Å². The van der Waals surface area contributed by atoms with Crippen LogP contribution in [0.4, 0.5) is 0 Å². The quantitative estimate of drug-likeness (QED) is 0.673. The first-order valence-corrected chi connectivity index (χ1v) is 8.25. The van der Waals surface area contributed by atoms with Crippen LogP contribution in [0.5, 0.6) is 0 Å². The van der Waals surface area contributed by atoms with Crippen LogP contribution in [-0.4, -0.2) is 42.0 Å².